The number of nitrogens with one attached hydrogen (secondary N) is 1. The van der Waals surface area contributed by atoms with Crippen LogP contribution in [0.2, 0.25) is 0 Å². The van der Waals surface area contributed by atoms with Gasteiger partial charge in [-0.3, -0.25) is 5.32 Å². The van der Waals surface area contributed by atoms with E-state index in [1.54, 1.807) is 0 Å². The molecule has 2 aromatic carbocycles. The minimum Gasteiger partial charge on any atom is -0.478 e. The third kappa shape index (κ3) is 3.92. The number of benzene rings is 2. The van der Waals surface area contributed by atoms with Gasteiger partial charge >= 0.3 is 12.1 Å². The Hall–Kier alpha value is -3.12. The molecule has 1 heterocycles. The number of carboxylic acid groups (broad SMARTS) is 1. The van der Waals surface area contributed by atoms with Gasteiger partial charge in [-0.15, -0.1) is 11.3 Å². The summed E-state index contributed by atoms with van der Waals surface area (Å²) in [6.07, 6.45) is -0.683. The van der Waals surface area contributed by atoms with E-state index in [1.165, 1.54) is 11.3 Å². The van der Waals surface area contributed by atoms with Gasteiger partial charge in [0.1, 0.15) is 17.2 Å². The van der Waals surface area contributed by atoms with Gasteiger partial charge in [0.25, 0.3) is 0 Å². The molecule has 6 heteroatoms. The van der Waals surface area contributed by atoms with Gasteiger partial charge in [-0.2, -0.15) is 0 Å². The predicted octanol–water partition coefficient (Wildman–Crippen LogP) is 5.17. The number of rotatable bonds is 5. The van der Waals surface area contributed by atoms with Crippen molar-refractivity contribution in [1.29, 1.82) is 0 Å². The van der Waals surface area contributed by atoms with E-state index in [4.69, 9.17) is 4.74 Å². The van der Waals surface area contributed by atoms with Crippen LogP contribution in [0.1, 0.15) is 20.8 Å². The van der Waals surface area contributed by atoms with Crippen molar-refractivity contribution in [2.45, 2.75) is 13.5 Å². The summed E-state index contributed by atoms with van der Waals surface area (Å²) in [6, 6.07) is 18.5. The molecule has 0 fully saturated rings. The first-order valence-electron chi connectivity index (χ1n) is 7.96. The number of thiophene rings is 1. The smallest absolute Gasteiger partial charge is 0.412 e. The molecule has 3 aromatic rings. The highest BCUT2D eigenvalue weighted by Crippen LogP contribution is 2.39. The number of carbonyl (C=O) groups excluding carboxylic acids is 1. The quantitative estimate of drug-likeness (QED) is 0.652. The lowest BCUT2D eigenvalue weighted by molar-refractivity contribution is 0.0699. The first-order valence-corrected chi connectivity index (χ1v) is 8.77. The number of anilines is 1. The molecule has 26 heavy (non-hydrogen) atoms. The van der Waals surface area contributed by atoms with Gasteiger partial charge in [-0.25, -0.2) is 9.59 Å². The Morgan fingerprint density at radius 2 is 1.65 bits per heavy atom. The normalized spacial score (nSPS) is 10.3. The Morgan fingerprint density at radius 3 is 2.27 bits per heavy atom. The molecule has 0 unspecified atom stereocenters. The van der Waals surface area contributed by atoms with Crippen LogP contribution in [0.5, 0.6) is 0 Å². The van der Waals surface area contributed by atoms with Gasteiger partial charge < -0.3 is 9.84 Å². The second kappa shape index (κ2) is 7.84. The number of hydrogen-bond donors (Lipinski definition) is 2. The van der Waals surface area contributed by atoms with Crippen LogP contribution in [0.4, 0.5) is 9.80 Å². The van der Waals surface area contributed by atoms with Crippen molar-refractivity contribution in [3.63, 3.8) is 0 Å². The number of aryl methyl sites for hydroxylation is 1. The maximum atomic E-state index is 12.1. The monoisotopic (exact) mass is 367 g/mol. The number of aromatic carboxylic acids is 1. The molecule has 2 N–H and O–H groups in total. The SMILES string of the molecule is Cc1sc(NC(=O)OCc2ccccc2)c(C(=O)O)c1-c1ccccc1. The number of carboxylic acids is 1. The van der Waals surface area contributed by atoms with Gasteiger partial charge in [0.15, 0.2) is 0 Å². The summed E-state index contributed by atoms with van der Waals surface area (Å²) >= 11 is 1.22. The van der Waals surface area contributed by atoms with Crippen molar-refractivity contribution in [3.05, 3.63) is 76.7 Å². The van der Waals surface area contributed by atoms with Crippen LogP contribution in [0.25, 0.3) is 11.1 Å². The zero-order valence-corrected chi connectivity index (χ0v) is 14.9. The average molecular weight is 367 g/mol. The van der Waals surface area contributed by atoms with Crippen LogP contribution in [-0.2, 0) is 11.3 Å². The highest BCUT2D eigenvalue weighted by molar-refractivity contribution is 7.17. The Balaban J connectivity index is 1.82. The summed E-state index contributed by atoms with van der Waals surface area (Å²) < 4.78 is 5.19. The van der Waals surface area contributed by atoms with E-state index in [0.717, 1.165) is 16.0 Å². The molecule has 0 spiro atoms. The molecule has 5 nitrogen and oxygen atoms in total. The van der Waals surface area contributed by atoms with Crippen LogP contribution in [-0.4, -0.2) is 17.2 Å². The molecule has 0 saturated carbocycles. The summed E-state index contributed by atoms with van der Waals surface area (Å²) in [5.41, 5.74) is 2.34. The Kier molecular flexibility index (Phi) is 5.34. The lowest BCUT2D eigenvalue weighted by Gasteiger charge is -2.07. The van der Waals surface area contributed by atoms with Crippen LogP contribution in [0.15, 0.2) is 60.7 Å². The molecule has 0 aliphatic rings. The van der Waals surface area contributed by atoms with Gasteiger partial charge in [0.05, 0.1) is 0 Å². The highest BCUT2D eigenvalue weighted by atomic mass is 32.1. The van der Waals surface area contributed by atoms with E-state index in [9.17, 15) is 14.7 Å². The van der Waals surface area contributed by atoms with Crippen LogP contribution < -0.4 is 5.32 Å². The number of carbonyl (C=O) groups is 2. The highest BCUT2D eigenvalue weighted by Gasteiger charge is 2.24. The molecule has 132 valence electrons. The molecule has 0 saturated heterocycles. The maximum absolute atomic E-state index is 12.1. The maximum Gasteiger partial charge on any atom is 0.412 e. The van der Waals surface area contributed by atoms with Gasteiger partial charge in [0.2, 0.25) is 0 Å². The lowest BCUT2D eigenvalue weighted by atomic mass is 10.0. The van der Waals surface area contributed by atoms with Crippen molar-refractivity contribution in [3.8, 4) is 11.1 Å². The second-order valence-electron chi connectivity index (χ2n) is 5.60. The van der Waals surface area contributed by atoms with Crippen molar-refractivity contribution < 1.29 is 19.4 Å². The van der Waals surface area contributed by atoms with E-state index in [1.807, 2.05) is 67.6 Å². The molecule has 0 aliphatic carbocycles. The Labute approximate surface area is 154 Å². The first-order chi connectivity index (χ1) is 12.6. The Morgan fingerprint density at radius 1 is 1.04 bits per heavy atom. The fraction of sp³-hybridized carbons (Fsp3) is 0.100. The van der Waals surface area contributed by atoms with E-state index in [-0.39, 0.29) is 17.2 Å². The van der Waals surface area contributed by atoms with Crippen molar-refractivity contribution in [2.24, 2.45) is 0 Å². The van der Waals surface area contributed by atoms with E-state index >= 15 is 0 Å². The molecular weight excluding hydrogens is 350 g/mol. The van der Waals surface area contributed by atoms with Crippen LogP contribution >= 0.6 is 11.3 Å². The average Bonchev–Trinajstić information content (AvgIpc) is 2.97. The van der Waals surface area contributed by atoms with Crippen molar-refractivity contribution in [2.75, 3.05) is 5.32 Å². The Bertz CT molecular complexity index is 920. The minimum absolute atomic E-state index is 0.0790. The van der Waals surface area contributed by atoms with Gasteiger partial charge in [0, 0.05) is 10.4 Å². The fourth-order valence-electron chi connectivity index (χ4n) is 2.64. The zero-order chi connectivity index (χ0) is 18.5. The molecule has 1 amide bonds. The molecule has 0 atom stereocenters. The van der Waals surface area contributed by atoms with Crippen molar-refractivity contribution >= 4 is 28.4 Å². The van der Waals surface area contributed by atoms with E-state index in [0.29, 0.717) is 5.56 Å². The molecular formula is C20H17NO4S. The van der Waals surface area contributed by atoms with Gasteiger partial charge in [-0.05, 0) is 18.1 Å². The lowest BCUT2D eigenvalue weighted by Crippen LogP contribution is -2.14. The van der Waals surface area contributed by atoms with E-state index < -0.39 is 12.1 Å². The minimum atomic E-state index is -1.09. The molecule has 0 bridgehead atoms. The number of ether oxygens (including phenoxy) is 1. The molecule has 3 rings (SSSR count). The third-order valence-electron chi connectivity index (χ3n) is 3.79. The third-order valence-corrected chi connectivity index (χ3v) is 4.81. The van der Waals surface area contributed by atoms with Crippen LogP contribution in [0.3, 0.4) is 0 Å². The zero-order valence-electron chi connectivity index (χ0n) is 14.1. The number of amides is 1. The summed E-state index contributed by atoms with van der Waals surface area (Å²) in [4.78, 5) is 24.7. The first kappa shape index (κ1) is 17.7. The second-order valence-corrected chi connectivity index (χ2v) is 6.82. The summed E-state index contributed by atoms with van der Waals surface area (Å²) in [5.74, 6) is -1.09. The summed E-state index contributed by atoms with van der Waals surface area (Å²) in [5, 5.41) is 12.5. The van der Waals surface area contributed by atoms with Gasteiger partial charge in [-0.1, -0.05) is 60.7 Å². The summed E-state index contributed by atoms with van der Waals surface area (Å²) in [6.45, 7) is 1.95. The van der Waals surface area contributed by atoms with E-state index in [2.05, 4.69) is 5.32 Å². The standard InChI is InChI=1S/C20H17NO4S/c1-13-16(15-10-6-3-7-11-15)17(19(22)23)18(26-13)21-20(24)25-12-14-8-4-2-5-9-14/h2-11H,12H2,1H3,(H,21,24)(H,22,23). The number of hydrogen-bond acceptors (Lipinski definition) is 4. The van der Waals surface area contributed by atoms with Crippen LogP contribution in [0, 0.1) is 6.92 Å². The molecule has 0 radical (unpaired) electrons. The van der Waals surface area contributed by atoms with Crippen molar-refractivity contribution in [1.82, 2.24) is 0 Å². The fourth-order valence-corrected chi connectivity index (χ4v) is 3.70. The predicted molar refractivity (Wildman–Crippen MR) is 102 cm³/mol. The molecule has 0 aliphatic heterocycles. The molecule has 1 aromatic heterocycles. The topological polar surface area (TPSA) is 75.6 Å². The largest absolute Gasteiger partial charge is 0.478 e. The summed E-state index contributed by atoms with van der Waals surface area (Å²) in [7, 11) is 0.